The van der Waals surface area contributed by atoms with Crippen molar-refractivity contribution in [3.63, 3.8) is 0 Å². The van der Waals surface area contributed by atoms with Crippen LogP contribution in [-0.2, 0) is 35.1 Å². The highest BCUT2D eigenvalue weighted by atomic mass is 16.8. The molecule has 1 amide bonds. The van der Waals surface area contributed by atoms with Crippen LogP contribution in [0.15, 0.2) is 43.0 Å². The van der Waals surface area contributed by atoms with E-state index in [0.717, 1.165) is 5.56 Å². The number of hydrogen-bond donors (Lipinski definition) is 2. The summed E-state index contributed by atoms with van der Waals surface area (Å²) in [6.45, 7) is 9.99. The number of aromatic nitrogens is 4. The average molecular weight is 612 g/mol. The number of fused-ring (bicyclic) bond motifs is 2. The molecule has 2 fully saturated rings. The van der Waals surface area contributed by atoms with Crippen molar-refractivity contribution in [2.24, 2.45) is 0 Å². The zero-order valence-corrected chi connectivity index (χ0v) is 25.9. The Hall–Kier alpha value is -3.85. The Morgan fingerprint density at radius 3 is 2.59 bits per heavy atom. The number of benzene rings is 1. The second-order valence-corrected chi connectivity index (χ2v) is 12.6. The third kappa shape index (κ3) is 7.44. The molecule has 0 radical (unpaired) electrons. The summed E-state index contributed by atoms with van der Waals surface area (Å²) >= 11 is 0. The van der Waals surface area contributed by atoms with Gasteiger partial charge in [-0.2, -0.15) is 0 Å². The first-order valence-corrected chi connectivity index (χ1v) is 14.6. The van der Waals surface area contributed by atoms with Gasteiger partial charge in [-0.05, 0) is 53.7 Å². The minimum Gasteiger partial charge on any atom is -0.459 e. The number of nitrogens with one attached hydrogen (secondary N) is 1. The fourth-order valence-corrected chi connectivity index (χ4v) is 5.36. The summed E-state index contributed by atoms with van der Waals surface area (Å²) in [5.74, 6) is -1.09. The van der Waals surface area contributed by atoms with Crippen molar-refractivity contribution in [2.75, 3.05) is 25.9 Å². The highest BCUT2D eigenvalue weighted by Gasteiger charge is 2.56. The van der Waals surface area contributed by atoms with Crippen molar-refractivity contribution in [2.45, 2.75) is 89.6 Å². The molecule has 5 rings (SSSR count). The van der Waals surface area contributed by atoms with Crippen LogP contribution in [0, 0.1) is 0 Å². The summed E-state index contributed by atoms with van der Waals surface area (Å²) < 4.78 is 31.8. The largest absolute Gasteiger partial charge is 0.459 e. The van der Waals surface area contributed by atoms with Gasteiger partial charge in [0, 0.05) is 13.1 Å². The number of nitrogens with zero attached hydrogens (tertiary/aromatic N) is 5. The predicted molar refractivity (Wildman–Crippen MR) is 159 cm³/mol. The summed E-state index contributed by atoms with van der Waals surface area (Å²) in [7, 11) is 1.91. The first-order chi connectivity index (χ1) is 20.8. The number of nitrogens with two attached hydrogens (primary N) is 1. The minimum atomic E-state index is -0.923. The Labute approximate surface area is 256 Å². The number of imidazole rings is 1. The van der Waals surface area contributed by atoms with Gasteiger partial charge in [0.15, 0.2) is 23.5 Å². The molecule has 0 unspecified atom stereocenters. The Balaban J connectivity index is 1.25. The van der Waals surface area contributed by atoms with Crippen molar-refractivity contribution < 1.29 is 33.3 Å². The normalized spacial score (nSPS) is 23.4. The number of rotatable bonds is 10. The van der Waals surface area contributed by atoms with Crippen LogP contribution in [0.3, 0.4) is 0 Å². The van der Waals surface area contributed by atoms with E-state index in [1.165, 1.54) is 6.33 Å². The van der Waals surface area contributed by atoms with E-state index in [9.17, 15) is 9.59 Å². The van der Waals surface area contributed by atoms with E-state index < -0.39 is 41.8 Å². The third-order valence-electron chi connectivity index (χ3n) is 7.28. The maximum atomic E-state index is 13.1. The maximum Gasteiger partial charge on any atom is 0.408 e. The quantitative estimate of drug-likeness (QED) is 0.323. The van der Waals surface area contributed by atoms with Crippen LogP contribution >= 0.6 is 0 Å². The van der Waals surface area contributed by atoms with Gasteiger partial charge in [0.2, 0.25) is 0 Å². The van der Waals surface area contributed by atoms with Gasteiger partial charge in [-0.25, -0.2) is 24.5 Å². The molecule has 4 heterocycles. The van der Waals surface area contributed by atoms with Crippen molar-refractivity contribution in [1.82, 2.24) is 29.7 Å². The predicted octanol–water partition coefficient (Wildman–Crippen LogP) is 2.78. The van der Waals surface area contributed by atoms with E-state index in [4.69, 9.17) is 29.4 Å². The fraction of sp³-hybridized carbons (Fsp3) is 0.567. The van der Waals surface area contributed by atoms with Crippen molar-refractivity contribution in [3.8, 4) is 0 Å². The van der Waals surface area contributed by atoms with Crippen molar-refractivity contribution in [1.29, 1.82) is 0 Å². The van der Waals surface area contributed by atoms with Gasteiger partial charge in [-0.1, -0.05) is 30.3 Å². The lowest BCUT2D eigenvalue weighted by atomic mass is 10.1. The third-order valence-corrected chi connectivity index (χ3v) is 7.28. The molecule has 238 valence electrons. The molecule has 0 saturated carbocycles. The van der Waals surface area contributed by atoms with Crippen LogP contribution in [0.4, 0.5) is 10.6 Å². The number of esters is 1. The lowest BCUT2D eigenvalue weighted by molar-refractivity contribution is -0.197. The van der Waals surface area contributed by atoms with Gasteiger partial charge in [0.1, 0.15) is 48.4 Å². The Morgan fingerprint density at radius 1 is 1.14 bits per heavy atom. The standard InChI is InChI=1S/C30H41N7O7/c1-29(2,3)44-28(39)35-19(27(38)40-15-18-10-8-7-9-11-18)12-13-36(6)14-20-22-23(43-30(4,5)42-22)26(41-20)37-17-34-21-24(31)32-16-33-25(21)37/h7-11,16-17,19-20,22-23,26H,12-15H2,1-6H3,(H,35,39)(H2,31,32,33)/t19-,20+,22+,23+,26+/m0/s1. The first kappa shape index (κ1) is 31.6. The number of ether oxygens (including phenoxy) is 5. The minimum absolute atomic E-state index is 0.0923. The highest BCUT2D eigenvalue weighted by Crippen LogP contribution is 2.44. The van der Waals surface area contributed by atoms with E-state index in [1.54, 1.807) is 31.7 Å². The van der Waals surface area contributed by atoms with Crippen LogP contribution in [0.2, 0.25) is 0 Å². The number of carbonyl (C=O) groups is 2. The Kier molecular flexibility index (Phi) is 9.07. The molecule has 14 nitrogen and oxygen atoms in total. The maximum absolute atomic E-state index is 13.1. The Bertz CT molecular complexity index is 1460. The molecule has 1 aromatic carbocycles. The molecule has 0 bridgehead atoms. The molecule has 2 aromatic heterocycles. The molecule has 14 heteroatoms. The van der Waals surface area contributed by atoms with Gasteiger partial charge in [-0.15, -0.1) is 0 Å². The second-order valence-electron chi connectivity index (χ2n) is 12.6. The highest BCUT2D eigenvalue weighted by molar-refractivity contribution is 5.82. The molecule has 0 aliphatic carbocycles. The number of hydrogen-bond acceptors (Lipinski definition) is 12. The van der Waals surface area contributed by atoms with Crippen molar-refractivity contribution >= 4 is 29.0 Å². The van der Waals surface area contributed by atoms with Gasteiger partial charge < -0.3 is 39.6 Å². The summed E-state index contributed by atoms with van der Waals surface area (Å²) in [5, 5.41) is 2.68. The monoisotopic (exact) mass is 611 g/mol. The molecule has 44 heavy (non-hydrogen) atoms. The second kappa shape index (κ2) is 12.6. The lowest BCUT2D eigenvalue weighted by Crippen LogP contribution is -2.46. The summed E-state index contributed by atoms with van der Waals surface area (Å²) in [6, 6.07) is 8.43. The average Bonchev–Trinajstić information content (AvgIpc) is 3.61. The zero-order valence-electron chi connectivity index (χ0n) is 25.9. The van der Waals surface area contributed by atoms with Crippen LogP contribution in [0.25, 0.3) is 11.2 Å². The molecule has 0 spiro atoms. The van der Waals surface area contributed by atoms with Gasteiger partial charge >= 0.3 is 12.1 Å². The van der Waals surface area contributed by atoms with Gasteiger partial charge in [0.25, 0.3) is 0 Å². The summed E-state index contributed by atoms with van der Waals surface area (Å²) in [4.78, 5) is 40.5. The van der Waals surface area contributed by atoms with E-state index >= 15 is 0 Å². The number of anilines is 1. The topological polar surface area (TPSA) is 165 Å². The SMILES string of the molecule is CN(CC[C@H](NC(=O)OC(C)(C)C)C(=O)OCc1ccccc1)C[C@H]1O[C@@H](n2cnc3c(N)ncnc32)[C@@H]2OC(C)(C)O[C@@H]21. The number of nitrogen functional groups attached to an aromatic ring is 1. The number of amides is 1. The molecule has 5 atom stereocenters. The van der Waals surface area contributed by atoms with Gasteiger partial charge in [0.05, 0.1) is 6.33 Å². The number of carbonyl (C=O) groups excluding carboxylic acids is 2. The summed E-state index contributed by atoms with van der Waals surface area (Å²) in [5.41, 5.74) is 7.14. The first-order valence-electron chi connectivity index (χ1n) is 14.6. The van der Waals surface area contributed by atoms with Crippen LogP contribution in [0.1, 0.15) is 52.8 Å². The molecule has 3 N–H and O–H groups in total. The van der Waals surface area contributed by atoms with Crippen LogP contribution in [-0.4, -0.2) is 92.4 Å². The molecule has 3 aromatic rings. The van der Waals surface area contributed by atoms with Crippen LogP contribution < -0.4 is 11.1 Å². The number of likely N-dealkylation sites (N-methyl/N-ethyl adjacent to an activating group) is 1. The molecule has 2 saturated heterocycles. The Morgan fingerprint density at radius 2 is 1.86 bits per heavy atom. The lowest BCUT2D eigenvalue weighted by Gasteiger charge is -2.28. The molecular formula is C30H41N7O7. The molecule has 2 aliphatic heterocycles. The number of alkyl carbamates (subject to hydrolysis) is 1. The van der Waals surface area contributed by atoms with Crippen LogP contribution in [0.5, 0.6) is 0 Å². The van der Waals surface area contributed by atoms with E-state index in [1.807, 2.05) is 56.1 Å². The fourth-order valence-electron chi connectivity index (χ4n) is 5.36. The molecule has 2 aliphatic rings. The van der Waals surface area contributed by atoms with E-state index in [2.05, 4.69) is 20.3 Å². The van der Waals surface area contributed by atoms with E-state index in [-0.39, 0.29) is 31.1 Å². The summed E-state index contributed by atoms with van der Waals surface area (Å²) in [6.07, 6.45) is 0.848. The smallest absolute Gasteiger partial charge is 0.408 e. The van der Waals surface area contributed by atoms with Crippen molar-refractivity contribution in [3.05, 3.63) is 48.5 Å². The zero-order chi connectivity index (χ0) is 31.6. The van der Waals surface area contributed by atoms with Gasteiger partial charge in [-0.3, -0.25) is 4.57 Å². The molecular weight excluding hydrogens is 570 g/mol. The van der Waals surface area contributed by atoms with E-state index in [0.29, 0.717) is 24.3 Å².